The molecule has 0 spiro atoms. The highest BCUT2D eigenvalue weighted by Crippen LogP contribution is 2.12. The fourth-order valence-corrected chi connectivity index (χ4v) is 1.41. The third-order valence-corrected chi connectivity index (χ3v) is 2.23. The molecule has 1 atom stereocenters. The highest BCUT2D eigenvalue weighted by Gasteiger charge is 2.32. The van der Waals surface area contributed by atoms with E-state index in [1.54, 1.807) is 5.32 Å². The van der Waals surface area contributed by atoms with E-state index in [4.69, 9.17) is 5.11 Å². The molecule has 0 aromatic carbocycles. The summed E-state index contributed by atoms with van der Waals surface area (Å²) in [4.78, 5) is 22.9. The molecule has 17 heavy (non-hydrogen) atoms. The van der Waals surface area contributed by atoms with Gasteiger partial charge in [-0.2, -0.15) is 13.2 Å². The molecule has 6 nitrogen and oxygen atoms in total. The highest BCUT2D eigenvalue weighted by atomic mass is 19.4. The molecule has 98 valence electrons. The van der Waals surface area contributed by atoms with Crippen LogP contribution < -0.4 is 10.6 Å². The van der Waals surface area contributed by atoms with Gasteiger partial charge in [-0.25, -0.2) is 4.79 Å². The van der Waals surface area contributed by atoms with Crippen molar-refractivity contribution in [1.29, 1.82) is 0 Å². The number of amides is 2. The van der Waals surface area contributed by atoms with Crippen LogP contribution in [-0.4, -0.2) is 60.4 Å². The summed E-state index contributed by atoms with van der Waals surface area (Å²) in [5.41, 5.74) is 0. The largest absolute Gasteiger partial charge is 0.465 e. The predicted molar refractivity (Wildman–Crippen MR) is 50.5 cm³/mol. The summed E-state index contributed by atoms with van der Waals surface area (Å²) in [5.74, 6) is -0.853. The van der Waals surface area contributed by atoms with Gasteiger partial charge < -0.3 is 20.6 Å². The van der Waals surface area contributed by atoms with Crippen molar-refractivity contribution in [2.45, 2.75) is 12.2 Å². The normalized spacial score (nSPS) is 21.1. The molecular formula is C8H12F3N3O3. The molecule has 0 saturated carbocycles. The first kappa shape index (κ1) is 13.6. The molecule has 1 rings (SSSR count). The van der Waals surface area contributed by atoms with E-state index in [1.165, 1.54) is 0 Å². The van der Waals surface area contributed by atoms with Gasteiger partial charge >= 0.3 is 12.3 Å². The number of nitrogens with one attached hydrogen (secondary N) is 2. The first-order valence-electron chi connectivity index (χ1n) is 4.85. The number of carboxylic acid groups (broad SMARTS) is 1. The van der Waals surface area contributed by atoms with Crippen molar-refractivity contribution in [2.75, 3.05) is 26.2 Å². The number of hydrogen-bond donors (Lipinski definition) is 3. The molecule has 0 bridgehead atoms. The molecule has 1 saturated heterocycles. The smallest absolute Gasteiger partial charge is 0.407 e. The zero-order valence-electron chi connectivity index (χ0n) is 8.75. The summed E-state index contributed by atoms with van der Waals surface area (Å²) in [6.07, 6.45) is -5.67. The fourth-order valence-electron chi connectivity index (χ4n) is 1.41. The Hall–Kier alpha value is -1.51. The molecule has 0 aromatic heterocycles. The van der Waals surface area contributed by atoms with Gasteiger partial charge in [0.15, 0.2) is 0 Å². The van der Waals surface area contributed by atoms with Crippen LogP contribution >= 0.6 is 0 Å². The Morgan fingerprint density at radius 2 is 2.12 bits per heavy atom. The first-order chi connectivity index (χ1) is 7.79. The number of hydrogen-bond acceptors (Lipinski definition) is 3. The van der Waals surface area contributed by atoms with E-state index in [-0.39, 0.29) is 19.6 Å². The van der Waals surface area contributed by atoms with E-state index in [1.807, 2.05) is 0 Å². The van der Waals surface area contributed by atoms with Gasteiger partial charge in [0.1, 0.15) is 12.6 Å². The molecule has 0 radical (unpaired) electrons. The van der Waals surface area contributed by atoms with Crippen LogP contribution in [0.15, 0.2) is 0 Å². The Morgan fingerprint density at radius 3 is 2.65 bits per heavy atom. The molecule has 9 heteroatoms. The molecule has 0 aliphatic carbocycles. The van der Waals surface area contributed by atoms with Crippen molar-refractivity contribution < 1.29 is 27.9 Å². The zero-order valence-corrected chi connectivity index (χ0v) is 8.75. The number of rotatable bonds is 2. The molecular weight excluding hydrogens is 243 g/mol. The molecule has 1 aliphatic rings. The van der Waals surface area contributed by atoms with Gasteiger partial charge in [0.05, 0.1) is 0 Å². The monoisotopic (exact) mass is 255 g/mol. The van der Waals surface area contributed by atoms with Crippen LogP contribution in [0.4, 0.5) is 18.0 Å². The maximum absolute atomic E-state index is 11.8. The summed E-state index contributed by atoms with van der Waals surface area (Å²) in [7, 11) is 0. The Balaban J connectivity index is 2.44. The van der Waals surface area contributed by atoms with Crippen LogP contribution in [0, 0.1) is 0 Å². The summed E-state index contributed by atoms with van der Waals surface area (Å²) < 4.78 is 35.5. The number of carbonyl (C=O) groups excluding carboxylic acids is 1. The van der Waals surface area contributed by atoms with Gasteiger partial charge in [-0.15, -0.1) is 0 Å². The van der Waals surface area contributed by atoms with Crippen LogP contribution in [0.2, 0.25) is 0 Å². The molecule has 1 heterocycles. The van der Waals surface area contributed by atoms with Crippen molar-refractivity contribution >= 4 is 12.0 Å². The minimum absolute atomic E-state index is 0.154. The highest BCUT2D eigenvalue weighted by molar-refractivity contribution is 5.82. The lowest BCUT2D eigenvalue weighted by Gasteiger charge is -2.30. The summed E-state index contributed by atoms with van der Waals surface area (Å²) in [5, 5.41) is 13.0. The van der Waals surface area contributed by atoms with Crippen molar-refractivity contribution in [2.24, 2.45) is 0 Å². The maximum Gasteiger partial charge on any atom is 0.407 e. The third-order valence-electron chi connectivity index (χ3n) is 2.23. The van der Waals surface area contributed by atoms with Gasteiger partial charge in [-0.1, -0.05) is 0 Å². The van der Waals surface area contributed by atoms with Gasteiger partial charge in [0.2, 0.25) is 5.91 Å². The summed E-state index contributed by atoms with van der Waals surface area (Å²) in [6, 6.07) is -0.942. The van der Waals surface area contributed by atoms with E-state index in [0.717, 1.165) is 4.90 Å². The van der Waals surface area contributed by atoms with E-state index >= 15 is 0 Å². The van der Waals surface area contributed by atoms with Gasteiger partial charge in [0.25, 0.3) is 0 Å². The van der Waals surface area contributed by atoms with Crippen molar-refractivity contribution in [3.05, 3.63) is 0 Å². The van der Waals surface area contributed by atoms with E-state index < -0.39 is 30.8 Å². The van der Waals surface area contributed by atoms with E-state index in [2.05, 4.69) is 5.32 Å². The second-order valence-electron chi connectivity index (χ2n) is 3.57. The molecule has 3 N–H and O–H groups in total. The van der Waals surface area contributed by atoms with Crippen molar-refractivity contribution in [3.8, 4) is 0 Å². The number of alkyl halides is 3. The van der Waals surface area contributed by atoms with Crippen molar-refractivity contribution in [1.82, 2.24) is 15.5 Å². The Labute approximate surface area is 94.8 Å². The van der Waals surface area contributed by atoms with Gasteiger partial charge in [-0.3, -0.25) is 4.79 Å². The standard InChI is InChI=1S/C8H12F3N3O3/c9-8(10,11)4-13-6(15)5-3-14(7(16)17)2-1-12-5/h5,12H,1-4H2,(H,13,15)(H,16,17)/t5-/m1/s1. The van der Waals surface area contributed by atoms with Gasteiger partial charge in [-0.05, 0) is 0 Å². The van der Waals surface area contributed by atoms with Crippen LogP contribution in [0.1, 0.15) is 0 Å². The Morgan fingerprint density at radius 1 is 1.47 bits per heavy atom. The van der Waals surface area contributed by atoms with E-state index in [9.17, 15) is 22.8 Å². The lowest BCUT2D eigenvalue weighted by Crippen LogP contribution is -2.58. The number of halogens is 3. The molecule has 1 fully saturated rings. The molecule has 2 amide bonds. The van der Waals surface area contributed by atoms with Crippen LogP contribution in [0.3, 0.4) is 0 Å². The summed E-state index contributed by atoms with van der Waals surface area (Å²) in [6.45, 7) is -1.13. The zero-order chi connectivity index (χ0) is 13.1. The average Bonchev–Trinajstić information content (AvgIpc) is 2.25. The quantitative estimate of drug-likeness (QED) is 0.628. The number of piperazine rings is 1. The Kier molecular flexibility index (Phi) is 4.16. The first-order valence-corrected chi connectivity index (χ1v) is 4.85. The average molecular weight is 255 g/mol. The van der Waals surface area contributed by atoms with Crippen molar-refractivity contribution in [3.63, 3.8) is 0 Å². The topological polar surface area (TPSA) is 81.7 Å². The van der Waals surface area contributed by atoms with Crippen LogP contribution in [-0.2, 0) is 4.79 Å². The number of nitrogens with zero attached hydrogens (tertiary/aromatic N) is 1. The minimum atomic E-state index is -4.48. The lowest BCUT2D eigenvalue weighted by atomic mass is 10.2. The van der Waals surface area contributed by atoms with Crippen LogP contribution in [0.5, 0.6) is 0 Å². The predicted octanol–water partition coefficient (Wildman–Crippen LogP) is -0.383. The Bertz CT molecular complexity index is 308. The number of carbonyl (C=O) groups is 2. The second-order valence-corrected chi connectivity index (χ2v) is 3.57. The third kappa shape index (κ3) is 4.47. The molecule has 0 unspecified atom stereocenters. The fraction of sp³-hybridized carbons (Fsp3) is 0.750. The van der Waals surface area contributed by atoms with Gasteiger partial charge in [0, 0.05) is 19.6 Å². The second kappa shape index (κ2) is 5.21. The maximum atomic E-state index is 11.8. The summed E-state index contributed by atoms with van der Waals surface area (Å²) >= 11 is 0. The molecule has 0 aromatic rings. The minimum Gasteiger partial charge on any atom is -0.465 e. The molecule has 1 aliphatic heterocycles. The van der Waals surface area contributed by atoms with E-state index in [0.29, 0.717) is 0 Å². The SMILES string of the molecule is O=C(NCC(F)(F)F)[C@H]1CN(C(=O)O)CCN1. The van der Waals surface area contributed by atoms with Crippen LogP contribution in [0.25, 0.3) is 0 Å². The lowest BCUT2D eigenvalue weighted by molar-refractivity contribution is -0.140.